The standard InChI is InChI=1S/C26H31N3O4/c1-18(2)16-29-17-22(20-14-23(32-3)24(33-4)15-21(20)25(29)30)26(31)28-12-10-27(11-13-28)19-8-6-5-7-9-19/h5-9,14-15,17-18H,10-13,16H2,1-4H3. The monoisotopic (exact) mass is 449 g/mol. The lowest BCUT2D eigenvalue weighted by Crippen LogP contribution is -2.49. The minimum atomic E-state index is -0.134. The van der Waals surface area contributed by atoms with Crippen molar-refractivity contribution in [3.05, 3.63) is 64.6 Å². The molecule has 33 heavy (non-hydrogen) atoms. The average molecular weight is 450 g/mol. The molecule has 0 atom stereocenters. The molecule has 7 heteroatoms. The van der Waals surface area contributed by atoms with Gasteiger partial charge in [0.1, 0.15) is 0 Å². The Hall–Kier alpha value is -3.48. The van der Waals surface area contributed by atoms with Gasteiger partial charge in [0.15, 0.2) is 11.5 Å². The number of para-hydroxylation sites is 1. The van der Waals surface area contributed by atoms with Crippen LogP contribution < -0.4 is 19.9 Å². The highest BCUT2D eigenvalue weighted by atomic mass is 16.5. The first kappa shape index (κ1) is 22.7. The van der Waals surface area contributed by atoms with E-state index in [0.29, 0.717) is 47.5 Å². The van der Waals surface area contributed by atoms with E-state index in [0.717, 1.165) is 18.8 Å². The predicted octanol–water partition coefficient (Wildman–Crippen LogP) is 3.64. The number of benzene rings is 2. The number of ether oxygens (including phenoxy) is 2. The van der Waals surface area contributed by atoms with Crippen LogP contribution in [0.4, 0.5) is 5.69 Å². The number of aromatic nitrogens is 1. The zero-order valence-electron chi connectivity index (χ0n) is 19.7. The topological polar surface area (TPSA) is 64.0 Å². The zero-order chi connectivity index (χ0) is 23.5. The second-order valence-electron chi connectivity index (χ2n) is 8.76. The van der Waals surface area contributed by atoms with Gasteiger partial charge in [-0.05, 0) is 30.2 Å². The number of pyridine rings is 1. The van der Waals surface area contributed by atoms with E-state index in [2.05, 4.69) is 30.9 Å². The van der Waals surface area contributed by atoms with Gasteiger partial charge in [-0.3, -0.25) is 9.59 Å². The van der Waals surface area contributed by atoms with Gasteiger partial charge in [-0.15, -0.1) is 0 Å². The molecule has 4 rings (SSSR count). The van der Waals surface area contributed by atoms with Gasteiger partial charge in [0, 0.05) is 50.0 Å². The van der Waals surface area contributed by atoms with Crippen LogP contribution in [0.3, 0.4) is 0 Å². The summed E-state index contributed by atoms with van der Waals surface area (Å²) in [7, 11) is 3.09. The van der Waals surface area contributed by atoms with E-state index in [9.17, 15) is 9.59 Å². The minimum Gasteiger partial charge on any atom is -0.493 e. The third kappa shape index (κ3) is 4.53. The average Bonchev–Trinajstić information content (AvgIpc) is 2.85. The molecule has 2 heterocycles. The van der Waals surface area contributed by atoms with Crippen LogP contribution in [0, 0.1) is 5.92 Å². The van der Waals surface area contributed by atoms with E-state index in [1.807, 2.05) is 23.1 Å². The maximum atomic E-state index is 13.7. The van der Waals surface area contributed by atoms with Crippen molar-refractivity contribution in [2.24, 2.45) is 5.92 Å². The number of methoxy groups -OCH3 is 2. The lowest BCUT2D eigenvalue weighted by molar-refractivity contribution is 0.0747. The number of carbonyl (C=O) groups excluding carboxylic acids is 1. The molecule has 0 spiro atoms. The van der Waals surface area contributed by atoms with Gasteiger partial charge in [0.25, 0.3) is 11.5 Å². The summed E-state index contributed by atoms with van der Waals surface area (Å²) in [4.78, 5) is 31.1. The van der Waals surface area contributed by atoms with Crippen molar-refractivity contribution in [3.63, 3.8) is 0 Å². The Morgan fingerprint density at radius 2 is 1.55 bits per heavy atom. The number of hydrogen-bond donors (Lipinski definition) is 0. The lowest BCUT2D eigenvalue weighted by Gasteiger charge is -2.36. The Kier molecular flexibility index (Phi) is 6.58. The summed E-state index contributed by atoms with van der Waals surface area (Å²) in [5.74, 6) is 1.16. The van der Waals surface area contributed by atoms with Crippen LogP contribution in [0.15, 0.2) is 53.5 Å². The second-order valence-corrected chi connectivity index (χ2v) is 8.76. The zero-order valence-corrected chi connectivity index (χ0v) is 19.7. The SMILES string of the molecule is COc1cc2c(C(=O)N3CCN(c4ccccc4)CC3)cn(CC(C)C)c(=O)c2cc1OC. The molecule has 0 saturated carbocycles. The molecule has 0 radical (unpaired) electrons. The van der Waals surface area contributed by atoms with E-state index in [4.69, 9.17) is 9.47 Å². The Morgan fingerprint density at radius 1 is 0.939 bits per heavy atom. The van der Waals surface area contributed by atoms with Crippen molar-refractivity contribution < 1.29 is 14.3 Å². The number of anilines is 1. The van der Waals surface area contributed by atoms with Crippen LogP contribution in [0.1, 0.15) is 24.2 Å². The highest BCUT2D eigenvalue weighted by molar-refractivity contribution is 6.07. The largest absolute Gasteiger partial charge is 0.493 e. The van der Waals surface area contributed by atoms with Gasteiger partial charge < -0.3 is 23.8 Å². The fourth-order valence-corrected chi connectivity index (χ4v) is 4.39. The van der Waals surface area contributed by atoms with Crippen LogP contribution in [-0.2, 0) is 6.54 Å². The molecule has 7 nitrogen and oxygen atoms in total. The fourth-order valence-electron chi connectivity index (χ4n) is 4.39. The van der Waals surface area contributed by atoms with Crippen molar-refractivity contribution in [3.8, 4) is 11.5 Å². The van der Waals surface area contributed by atoms with Gasteiger partial charge >= 0.3 is 0 Å². The predicted molar refractivity (Wildman–Crippen MR) is 131 cm³/mol. The summed E-state index contributed by atoms with van der Waals surface area (Å²) >= 11 is 0. The number of carbonyl (C=O) groups is 1. The molecule has 1 aliphatic rings. The highest BCUT2D eigenvalue weighted by Crippen LogP contribution is 2.33. The van der Waals surface area contributed by atoms with Gasteiger partial charge in [-0.1, -0.05) is 32.0 Å². The third-order valence-corrected chi connectivity index (χ3v) is 6.07. The highest BCUT2D eigenvalue weighted by Gasteiger charge is 2.26. The maximum Gasteiger partial charge on any atom is 0.258 e. The molecule has 2 aromatic carbocycles. The molecule has 1 aliphatic heterocycles. The van der Waals surface area contributed by atoms with Crippen LogP contribution >= 0.6 is 0 Å². The van der Waals surface area contributed by atoms with E-state index < -0.39 is 0 Å². The number of rotatable bonds is 6. The molecule has 0 bridgehead atoms. The van der Waals surface area contributed by atoms with Crippen molar-refractivity contribution >= 4 is 22.4 Å². The van der Waals surface area contributed by atoms with Crippen LogP contribution in [0.5, 0.6) is 11.5 Å². The molecule has 1 amide bonds. The molecule has 1 saturated heterocycles. The summed E-state index contributed by atoms with van der Waals surface area (Å²) in [6.45, 7) is 7.39. The molecule has 0 aliphatic carbocycles. The fraction of sp³-hybridized carbons (Fsp3) is 0.385. The van der Waals surface area contributed by atoms with Crippen molar-refractivity contribution in [1.82, 2.24) is 9.47 Å². The van der Waals surface area contributed by atoms with Gasteiger partial charge in [-0.25, -0.2) is 0 Å². The second kappa shape index (κ2) is 9.57. The maximum absolute atomic E-state index is 13.7. The lowest BCUT2D eigenvalue weighted by atomic mass is 10.0. The first-order valence-electron chi connectivity index (χ1n) is 11.3. The molecule has 3 aromatic rings. The number of nitrogens with zero attached hydrogens (tertiary/aromatic N) is 3. The molecular weight excluding hydrogens is 418 g/mol. The normalized spacial score (nSPS) is 14.1. The van der Waals surface area contributed by atoms with Crippen LogP contribution in [0.25, 0.3) is 10.8 Å². The van der Waals surface area contributed by atoms with Crippen LogP contribution in [0.2, 0.25) is 0 Å². The Labute approximate surface area is 194 Å². The van der Waals surface area contributed by atoms with E-state index in [1.165, 1.54) is 7.11 Å². The summed E-state index contributed by atoms with van der Waals surface area (Å²) in [6, 6.07) is 13.7. The number of amides is 1. The summed E-state index contributed by atoms with van der Waals surface area (Å²) in [5, 5.41) is 1.05. The number of fused-ring (bicyclic) bond motifs is 1. The smallest absolute Gasteiger partial charge is 0.258 e. The Bertz CT molecular complexity index is 1200. The van der Waals surface area contributed by atoms with E-state index >= 15 is 0 Å². The first-order valence-corrected chi connectivity index (χ1v) is 11.3. The summed E-state index contributed by atoms with van der Waals surface area (Å²) < 4.78 is 12.5. The summed E-state index contributed by atoms with van der Waals surface area (Å²) in [5.41, 5.74) is 1.54. The first-order chi connectivity index (χ1) is 15.9. The van der Waals surface area contributed by atoms with E-state index in [1.54, 1.807) is 30.0 Å². The van der Waals surface area contributed by atoms with Crippen molar-refractivity contribution in [2.75, 3.05) is 45.3 Å². The van der Waals surface area contributed by atoms with Gasteiger partial charge in [0.2, 0.25) is 0 Å². The molecule has 1 fully saturated rings. The summed E-state index contributed by atoms with van der Waals surface area (Å²) in [6.07, 6.45) is 1.71. The van der Waals surface area contributed by atoms with Crippen molar-refractivity contribution in [2.45, 2.75) is 20.4 Å². The van der Waals surface area contributed by atoms with E-state index in [-0.39, 0.29) is 17.4 Å². The molecule has 174 valence electrons. The molecule has 0 unspecified atom stereocenters. The Balaban J connectivity index is 1.71. The Morgan fingerprint density at radius 3 is 2.12 bits per heavy atom. The quantitative estimate of drug-likeness (QED) is 0.575. The molecule has 1 aromatic heterocycles. The van der Waals surface area contributed by atoms with Gasteiger partial charge in [-0.2, -0.15) is 0 Å². The van der Waals surface area contributed by atoms with Gasteiger partial charge in [0.05, 0.1) is 25.2 Å². The van der Waals surface area contributed by atoms with Crippen molar-refractivity contribution in [1.29, 1.82) is 0 Å². The third-order valence-electron chi connectivity index (χ3n) is 6.07. The minimum absolute atomic E-state index is 0.0718. The number of piperazine rings is 1. The molecular formula is C26H31N3O4. The molecule has 0 N–H and O–H groups in total. The van der Waals surface area contributed by atoms with Crippen LogP contribution in [-0.4, -0.2) is 55.8 Å². The number of hydrogen-bond acceptors (Lipinski definition) is 5.